The molecule has 1 atom stereocenters. The van der Waals surface area contributed by atoms with Gasteiger partial charge in [0.2, 0.25) is 0 Å². The van der Waals surface area contributed by atoms with Crippen LogP contribution in [0.25, 0.3) is 0 Å². The average Bonchev–Trinajstić information content (AvgIpc) is 2.64. The van der Waals surface area contributed by atoms with E-state index in [1.165, 1.54) is 24.9 Å². The maximum Gasteiger partial charge on any atom is 0.0648 e. The number of hydrogen-bond acceptors (Lipinski definition) is 2. The van der Waals surface area contributed by atoms with Crippen molar-refractivity contribution >= 4 is 17.3 Å². The van der Waals surface area contributed by atoms with Gasteiger partial charge in [0.05, 0.1) is 11.6 Å². The van der Waals surface area contributed by atoms with Gasteiger partial charge in [-0.25, -0.2) is 0 Å². The first-order chi connectivity index (χ1) is 8.70. The normalized spacial score (nSPS) is 21.1. The van der Waals surface area contributed by atoms with Crippen molar-refractivity contribution in [3.63, 3.8) is 0 Å². The third kappa shape index (κ3) is 3.38. The fourth-order valence-corrected chi connectivity index (χ4v) is 2.93. The van der Waals surface area contributed by atoms with E-state index >= 15 is 0 Å². The molecule has 1 aliphatic heterocycles. The molecule has 18 heavy (non-hydrogen) atoms. The van der Waals surface area contributed by atoms with Gasteiger partial charge in [-0.1, -0.05) is 13.8 Å². The number of rotatable bonds is 3. The first-order valence-corrected chi connectivity index (χ1v) is 7.50. The average molecular weight is 267 g/mol. The highest BCUT2D eigenvalue weighted by atomic mass is 35.5. The molecule has 0 saturated carbocycles. The van der Waals surface area contributed by atoms with Gasteiger partial charge < -0.3 is 4.90 Å². The number of alkyl halides is 1. The van der Waals surface area contributed by atoms with Gasteiger partial charge in [-0.15, -0.1) is 11.6 Å². The van der Waals surface area contributed by atoms with Crippen LogP contribution in [0.2, 0.25) is 0 Å². The van der Waals surface area contributed by atoms with E-state index in [-0.39, 0.29) is 0 Å². The highest BCUT2D eigenvalue weighted by Crippen LogP contribution is 2.27. The Hall–Kier alpha value is -0.760. The van der Waals surface area contributed by atoms with Crippen LogP contribution in [-0.2, 0) is 5.88 Å². The van der Waals surface area contributed by atoms with E-state index < -0.39 is 0 Å². The van der Waals surface area contributed by atoms with Crippen LogP contribution in [0, 0.1) is 11.8 Å². The first kappa shape index (κ1) is 13.7. The second-order valence-corrected chi connectivity index (χ2v) is 5.83. The van der Waals surface area contributed by atoms with Gasteiger partial charge in [0, 0.05) is 25.0 Å². The zero-order valence-electron chi connectivity index (χ0n) is 11.4. The van der Waals surface area contributed by atoms with Crippen LogP contribution in [0.5, 0.6) is 0 Å². The molecule has 2 heterocycles. The van der Waals surface area contributed by atoms with Crippen molar-refractivity contribution in [3.8, 4) is 0 Å². The van der Waals surface area contributed by atoms with Crippen LogP contribution in [0.4, 0.5) is 5.69 Å². The molecule has 2 nitrogen and oxygen atoms in total. The topological polar surface area (TPSA) is 16.1 Å². The van der Waals surface area contributed by atoms with Crippen molar-refractivity contribution in [2.45, 2.75) is 39.0 Å². The van der Waals surface area contributed by atoms with E-state index in [9.17, 15) is 0 Å². The molecular formula is C15H23ClN2. The molecule has 0 spiro atoms. The Kier molecular flexibility index (Phi) is 4.87. The molecule has 1 saturated heterocycles. The highest BCUT2D eigenvalue weighted by Gasteiger charge is 2.19. The fourth-order valence-electron chi connectivity index (χ4n) is 2.78. The second kappa shape index (κ2) is 6.42. The maximum absolute atomic E-state index is 5.85. The molecule has 1 unspecified atom stereocenters. The van der Waals surface area contributed by atoms with E-state index in [0.717, 1.165) is 30.6 Å². The van der Waals surface area contributed by atoms with E-state index in [0.29, 0.717) is 5.88 Å². The summed E-state index contributed by atoms with van der Waals surface area (Å²) in [7, 11) is 0. The molecule has 1 aromatic heterocycles. The molecule has 1 fully saturated rings. The molecule has 0 aromatic carbocycles. The zero-order valence-corrected chi connectivity index (χ0v) is 12.2. The number of halogens is 1. The number of aromatic nitrogens is 1. The number of nitrogens with zero attached hydrogens (tertiary/aromatic N) is 2. The summed E-state index contributed by atoms with van der Waals surface area (Å²) in [4.78, 5) is 6.75. The minimum Gasteiger partial charge on any atom is -0.371 e. The predicted molar refractivity (Wildman–Crippen MR) is 78.2 cm³/mol. The molecule has 0 amide bonds. The van der Waals surface area contributed by atoms with Crippen molar-refractivity contribution in [1.82, 2.24) is 4.98 Å². The van der Waals surface area contributed by atoms with Crippen molar-refractivity contribution in [2.24, 2.45) is 11.8 Å². The largest absolute Gasteiger partial charge is 0.371 e. The zero-order chi connectivity index (χ0) is 13.0. The standard InChI is InChI=1S/C15H23ClN2/c1-12(2)13-4-3-8-18(9-6-13)15-5-7-17-14(10-15)11-16/h5,7,10,12-13H,3-4,6,8-9,11H2,1-2H3. The molecule has 3 heteroatoms. The molecule has 1 aromatic rings. The summed E-state index contributed by atoms with van der Waals surface area (Å²) in [5, 5.41) is 0. The van der Waals surface area contributed by atoms with Crippen molar-refractivity contribution < 1.29 is 0 Å². The fraction of sp³-hybridized carbons (Fsp3) is 0.667. The van der Waals surface area contributed by atoms with Gasteiger partial charge in [-0.2, -0.15) is 0 Å². The van der Waals surface area contributed by atoms with Gasteiger partial charge >= 0.3 is 0 Å². The lowest BCUT2D eigenvalue weighted by Crippen LogP contribution is -2.24. The van der Waals surface area contributed by atoms with Crippen LogP contribution >= 0.6 is 11.6 Å². The Bertz CT molecular complexity index is 379. The molecule has 0 aliphatic carbocycles. The van der Waals surface area contributed by atoms with Gasteiger partial charge in [-0.3, -0.25) is 4.98 Å². The van der Waals surface area contributed by atoms with Gasteiger partial charge in [0.25, 0.3) is 0 Å². The number of hydrogen-bond donors (Lipinski definition) is 0. The lowest BCUT2D eigenvalue weighted by molar-refractivity contribution is 0.351. The van der Waals surface area contributed by atoms with Crippen LogP contribution < -0.4 is 4.90 Å². The van der Waals surface area contributed by atoms with E-state index in [1.807, 2.05) is 6.20 Å². The molecule has 100 valence electrons. The van der Waals surface area contributed by atoms with Crippen molar-refractivity contribution in [3.05, 3.63) is 24.0 Å². The van der Waals surface area contributed by atoms with Crippen LogP contribution in [0.15, 0.2) is 18.3 Å². The van der Waals surface area contributed by atoms with E-state index in [1.54, 1.807) is 0 Å². The highest BCUT2D eigenvalue weighted by molar-refractivity contribution is 6.16. The Morgan fingerprint density at radius 2 is 2.22 bits per heavy atom. The second-order valence-electron chi connectivity index (χ2n) is 5.56. The first-order valence-electron chi connectivity index (χ1n) is 6.96. The third-order valence-electron chi connectivity index (χ3n) is 4.02. The summed E-state index contributed by atoms with van der Waals surface area (Å²) in [6.07, 6.45) is 5.83. The van der Waals surface area contributed by atoms with E-state index in [2.05, 4.69) is 35.9 Å². The molecule has 2 rings (SSSR count). The van der Waals surface area contributed by atoms with Crippen LogP contribution in [0.1, 0.15) is 38.8 Å². The lowest BCUT2D eigenvalue weighted by atomic mass is 9.89. The number of anilines is 1. The third-order valence-corrected chi connectivity index (χ3v) is 4.29. The van der Waals surface area contributed by atoms with Crippen molar-refractivity contribution in [1.29, 1.82) is 0 Å². The summed E-state index contributed by atoms with van der Waals surface area (Å²) in [6, 6.07) is 4.23. The monoisotopic (exact) mass is 266 g/mol. The van der Waals surface area contributed by atoms with Gasteiger partial charge in [0.1, 0.15) is 0 Å². The Morgan fingerprint density at radius 1 is 1.39 bits per heavy atom. The Morgan fingerprint density at radius 3 is 2.94 bits per heavy atom. The minimum absolute atomic E-state index is 0.496. The lowest BCUT2D eigenvalue weighted by Gasteiger charge is -2.23. The van der Waals surface area contributed by atoms with Gasteiger partial charge in [-0.05, 0) is 43.2 Å². The molecule has 1 aliphatic rings. The maximum atomic E-state index is 5.85. The van der Waals surface area contributed by atoms with Crippen molar-refractivity contribution in [2.75, 3.05) is 18.0 Å². The Labute approximate surface area is 115 Å². The summed E-state index contributed by atoms with van der Waals surface area (Å²) >= 11 is 5.85. The van der Waals surface area contributed by atoms with E-state index in [4.69, 9.17) is 11.6 Å². The smallest absolute Gasteiger partial charge is 0.0648 e. The molecular weight excluding hydrogens is 244 g/mol. The quantitative estimate of drug-likeness (QED) is 0.767. The minimum atomic E-state index is 0.496. The molecule has 0 radical (unpaired) electrons. The summed E-state index contributed by atoms with van der Waals surface area (Å²) in [5.74, 6) is 2.18. The van der Waals surface area contributed by atoms with Gasteiger partial charge in [0.15, 0.2) is 0 Å². The molecule has 0 bridgehead atoms. The summed E-state index contributed by atoms with van der Waals surface area (Å²) < 4.78 is 0. The van der Waals surface area contributed by atoms with Crippen LogP contribution in [-0.4, -0.2) is 18.1 Å². The molecule has 0 N–H and O–H groups in total. The SMILES string of the molecule is CC(C)C1CCCN(c2ccnc(CCl)c2)CC1. The van der Waals surface area contributed by atoms with Crippen LogP contribution in [0.3, 0.4) is 0 Å². The Balaban J connectivity index is 2.04. The summed E-state index contributed by atoms with van der Waals surface area (Å²) in [6.45, 7) is 7.01. The summed E-state index contributed by atoms with van der Waals surface area (Å²) in [5.41, 5.74) is 2.25. The number of pyridine rings is 1. The predicted octanol–water partition coefficient (Wildman–Crippen LogP) is 4.08.